The number of carbonyl (C=O) groups excluding carboxylic acids is 2. The second-order valence-corrected chi connectivity index (χ2v) is 6.73. The maximum atomic E-state index is 11.6. The summed E-state index contributed by atoms with van der Waals surface area (Å²) in [7, 11) is 0. The molecule has 21 heavy (non-hydrogen) atoms. The molecule has 1 N–H and O–H groups in total. The van der Waals surface area contributed by atoms with Gasteiger partial charge in [-0.2, -0.15) is 0 Å². The number of esters is 1. The fourth-order valence-electron chi connectivity index (χ4n) is 1.67. The van der Waals surface area contributed by atoms with Crippen molar-refractivity contribution in [1.29, 1.82) is 0 Å². The minimum absolute atomic E-state index is 0.261. The van der Waals surface area contributed by atoms with Crippen LogP contribution >= 0.6 is 27.3 Å². The van der Waals surface area contributed by atoms with Gasteiger partial charge in [0.25, 0.3) is 5.91 Å². The molecule has 0 aliphatic carbocycles. The molecule has 0 atom stereocenters. The Hall–Kier alpha value is -1.66. The second-order valence-electron chi connectivity index (χ2n) is 4.27. The summed E-state index contributed by atoms with van der Waals surface area (Å²) >= 11 is 4.54. The largest absolute Gasteiger partial charge is 0.451 e. The number of ether oxygens (including phenoxy) is 1. The van der Waals surface area contributed by atoms with Crippen molar-refractivity contribution in [2.45, 2.75) is 6.42 Å². The summed E-state index contributed by atoms with van der Waals surface area (Å²) in [6, 6.07) is 13.3. The Morgan fingerprint density at radius 2 is 1.90 bits per heavy atom. The molecule has 0 aliphatic heterocycles. The Kier molecular flexibility index (Phi) is 5.95. The van der Waals surface area contributed by atoms with E-state index in [1.54, 1.807) is 12.1 Å². The van der Waals surface area contributed by atoms with Gasteiger partial charge in [-0.3, -0.25) is 4.79 Å². The number of nitrogens with one attached hydrogen (secondary N) is 1. The van der Waals surface area contributed by atoms with E-state index in [4.69, 9.17) is 4.74 Å². The summed E-state index contributed by atoms with van der Waals surface area (Å²) in [5.74, 6) is -0.779. The lowest BCUT2D eigenvalue weighted by Gasteiger charge is -2.06. The van der Waals surface area contributed by atoms with Crippen molar-refractivity contribution in [2.75, 3.05) is 13.2 Å². The lowest BCUT2D eigenvalue weighted by atomic mass is 10.1. The second kappa shape index (κ2) is 7.95. The van der Waals surface area contributed by atoms with Gasteiger partial charge < -0.3 is 10.1 Å². The highest BCUT2D eigenvalue weighted by atomic mass is 79.9. The van der Waals surface area contributed by atoms with Crippen LogP contribution in [0.3, 0.4) is 0 Å². The van der Waals surface area contributed by atoms with Crippen molar-refractivity contribution >= 4 is 39.1 Å². The normalized spacial score (nSPS) is 10.1. The number of thiophene rings is 1. The smallest absolute Gasteiger partial charge is 0.348 e. The van der Waals surface area contributed by atoms with Crippen LogP contribution in [0.25, 0.3) is 0 Å². The van der Waals surface area contributed by atoms with Crippen LogP contribution in [0.1, 0.15) is 15.2 Å². The Bertz CT molecular complexity index is 612. The van der Waals surface area contributed by atoms with Gasteiger partial charge in [-0.25, -0.2) is 4.79 Å². The molecule has 6 heteroatoms. The number of halogens is 1. The Balaban J connectivity index is 1.67. The van der Waals surface area contributed by atoms with E-state index < -0.39 is 5.97 Å². The van der Waals surface area contributed by atoms with Crippen molar-refractivity contribution in [3.05, 3.63) is 56.7 Å². The highest BCUT2D eigenvalue weighted by Gasteiger charge is 2.12. The fraction of sp³-hybridized carbons (Fsp3) is 0.200. The minimum Gasteiger partial charge on any atom is -0.451 e. The van der Waals surface area contributed by atoms with Crippen LogP contribution in [0.5, 0.6) is 0 Å². The third-order valence-electron chi connectivity index (χ3n) is 2.69. The maximum absolute atomic E-state index is 11.6. The SMILES string of the molecule is O=C(COC(=O)c1ccc(Br)s1)NCCc1ccccc1. The van der Waals surface area contributed by atoms with Gasteiger partial charge in [0.2, 0.25) is 0 Å². The molecular formula is C15H14BrNO3S. The van der Waals surface area contributed by atoms with Crippen LogP contribution in [0.4, 0.5) is 0 Å². The maximum Gasteiger partial charge on any atom is 0.348 e. The zero-order chi connectivity index (χ0) is 15.1. The van der Waals surface area contributed by atoms with E-state index in [2.05, 4.69) is 21.2 Å². The molecule has 0 spiro atoms. The van der Waals surface area contributed by atoms with Gasteiger partial charge in [-0.15, -0.1) is 11.3 Å². The first-order chi connectivity index (χ1) is 10.1. The van der Waals surface area contributed by atoms with Gasteiger partial charge in [0.05, 0.1) is 3.79 Å². The van der Waals surface area contributed by atoms with Crippen LogP contribution in [0, 0.1) is 0 Å². The quantitative estimate of drug-likeness (QED) is 0.798. The topological polar surface area (TPSA) is 55.4 Å². The number of hydrogen-bond donors (Lipinski definition) is 1. The van der Waals surface area contributed by atoms with Crippen LogP contribution in [-0.4, -0.2) is 25.0 Å². The van der Waals surface area contributed by atoms with Gasteiger partial charge in [-0.1, -0.05) is 30.3 Å². The van der Waals surface area contributed by atoms with Crippen LogP contribution in [-0.2, 0) is 16.0 Å². The molecule has 0 unspecified atom stereocenters. The minimum atomic E-state index is -0.482. The number of amides is 1. The first-order valence-corrected chi connectivity index (χ1v) is 7.99. The third-order valence-corrected chi connectivity index (χ3v) is 4.29. The highest BCUT2D eigenvalue weighted by Crippen LogP contribution is 2.22. The summed E-state index contributed by atoms with van der Waals surface area (Å²) in [5, 5.41) is 2.72. The van der Waals surface area contributed by atoms with E-state index in [9.17, 15) is 9.59 Å². The molecule has 0 fully saturated rings. The number of benzene rings is 1. The first kappa shape index (κ1) is 15.7. The molecule has 4 nitrogen and oxygen atoms in total. The summed E-state index contributed by atoms with van der Waals surface area (Å²) in [6.07, 6.45) is 0.748. The van der Waals surface area contributed by atoms with Crippen molar-refractivity contribution in [3.63, 3.8) is 0 Å². The molecule has 0 saturated carbocycles. The molecule has 0 radical (unpaired) electrons. The van der Waals surface area contributed by atoms with E-state index in [0.29, 0.717) is 11.4 Å². The van der Waals surface area contributed by atoms with Crippen molar-refractivity contribution < 1.29 is 14.3 Å². The van der Waals surface area contributed by atoms with Gasteiger partial charge in [0.15, 0.2) is 6.61 Å². The monoisotopic (exact) mass is 367 g/mol. The molecule has 0 aliphatic rings. The molecule has 1 aromatic heterocycles. The molecule has 1 amide bonds. The predicted molar refractivity (Wildman–Crippen MR) is 85.5 cm³/mol. The summed E-state index contributed by atoms with van der Waals surface area (Å²) in [6.45, 7) is 0.258. The van der Waals surface area contributed by atoms with E-state index >= 15 is 0 Å². The molecule has 0 saturated heterocycles. The Morgan fingerprint density at radius 3 is 2.57 bits per heavy atom. The highest BCUT2D eigenvalue weighted by molar-refractivity contribution is 9.11. The van der Waals surface area contributed by atoms with Crippen molar-refractivity contribution in [3.8, 4) is 0 Å². The van der Waals surface area contributed by atoms with E-state index in [1.165, 1.54) is 11.3 Å². The molecule has 110 valence electrons. The standard InChI is InChI=1S/C15H14BrNO3S/c16-13-7-6-12(21-13)15(19)20-10-14(18)17-9-8-11-4-2-1-3-5-11/h1-7H,8-10H2,(H,17,18). The van der Waals surface area contributed by atoms with Gasteiger partial charge in [-0.05, 0) is 40.0 Å². The number of carbonyl (C=O) groups is 2. The average molecular weight is 368 g/mol. The summed E-state index contributed by atoms with van der Waals surface area (Å²) < 4.78 is 5.79. The lowest BCUT2D eigenvalue weighted by Crippen LogP contribution is -2.30. The zero-order valence-electron chi connectivity index (χ0n) is 11.2. The lowest BCUT2D eigenvalue weighted by molar-refractivity contribution is -0.124. The fourth-order valence-corrected chi connectivity index (χ4v) is 2.95. The van der Waals surface area contributed by atoms with Gasteiger partial charge in [0.1, 0.15) is 4.88 Å². The van der Waals surface area contributed by atoms with E-state index in [1.807, 2.05) is 30.3 Å². The van der Waals surface area contributed by atoms with Crippen LogP contribution < -0.4 is 5.32 Å². The van der Waals surface area contributed by atoms with Crippen LogP contribution in [0.2, 0.25) is 0 Å². The summed E-state index contributed by atoms with van der Waals surface area (Å²) in [5.41, 5.74) is 1.15. The molecule has 1 heterocycles. The van der Waals surface area contributed by atoms with Gasteiger partial charge in [0, 0.05) is 6.54 Å². The molecule has 2 rings (SSSR count). The van der Waals surface area contributed by atoms with Crippen molar-refractivity contribution in [2.24, 2.45) is 0 Å². The number of rotatable bonds is 6. The number of hydrogen-bond acceptors (Lipinski definition) is 4. The Labute approximate surface area is 135 Å². The van der Waals surface area contributed by atoms with Gasteiger partial charge >= 0.3 is 5.97 Å². The molecule has 2 aromatic rings. The third kappa shape index (κ3) is 5.32. The molecular weight excluding hydrogens is 354 g/mol. The zero-order valence-corrected chi connectivity index (χ0v) is 13.6. The first-order valence-electron chi connectivity index (χ1n) is 6.38. The Morgan fingerprint density at radius 1 is 1.14 bits per heavy atom. The predicted octanol–water partition coefficient (Wildman–Crippen LogP) is 3.03. The van der Waals surface area contributed by atoms with E-state index in [0.717, 1.165) is 15.8 Å². The molecule has 0 bridgehead atoms. The average Bonchev–Trinajstić information content (AvgIpc) is 2.92. The summed E-state index contributed by atoms with van der Waals surface area (Å²) in [4.78, 5) is 23.7. The van der Waals surface area contributed by atoms with E-state index in [-0.39, 0.29) is 12.5 Å². The van der Waals surface area contributed by atoms with Crippen molar-refractivity contribution in [1.82, 2.24) is 5.32 Å². The molecule has 1 aromatic carbocycles. The van der Waals surface area contributed by atoms with Crippen LogP contribution in [0.15, 0.2) is 46.3 Å².